The molecule has 0 radical (unpaired) electrons. The molecule has 3 rings (SSSR count). The Labute approximate surface area is 173 Å². The molecule has 6 nitrogen and oxygen atoms in total. The molecule has 2 aromatic carbocycles. The van der Waals surface area contributed by atoms with Gasteiger partial charge in [-0.05, 0) is 24.1 Å². The lowest BCUT2D eigenvalue weighted by Crippen LogP contribution is -2.48. The maximum absolute atomic E-state index is 13.3. The number of benzene rings is 2. The first-order valence-corrected chi connectivity index (χ1v) is 11.7. The smallest absolute Gasteiger partial charge is 0.244 e. The van der Waals surface area contributed by atoms with Crippen LogP contribution in [0.3, 0.4) is 0 Å². The minimum absolute atomic E-state index is 0.0183. The molecule has 1 saturated heterocycles. The van der Waals surface area contributed by atoms with Crippen LogP contribution in [-0.2, 0) is 14.6 Å². The van der Waals surface area contributed by atoms with Crippen molar-refractivity contribution in [1.29, 1.82) is 0 Å². The van der Waals surface area contributed by atoms with Crippen LogP contribution in [0.25, 0.3) is 0 Å². The molecular weight excluding hydrogens is 388 g/mol. The fourth-order valence-corrected chi connectivity index (χ4v) is 4.69. The monoisotopic (exact) mass is 416 g/mol. The van der Waals surface area contributed by atoms with Crippen LogP contribution in [0.1, 0.15) is 18.0 Å². The van der Waals surface area contributed by atoms with Crippen LogP contribution in [0, 0.1) is 0 Å². The predicted octanol–water partition coefficient (Wildman–Crippen LogP) is 2.39. The Hall–Kier alpha value is -2.38. The Balaban J connectivity index is 1.61. The summed E-state index contributed by atoms with van der Waals surface area (Å²) in [5, 5.41) is 0. The minimum atomic E-state index is -3.00. The number of para-hydroxylation sites is 1. The largest absolute Gasteiger partial charge is 0.494 e. The molecule has 1 atom stereocenters. The van der Waals surface area contributed by atoms with Crippen LogP contribution in [-0.4, -0.2) is 68.9 Å². The highest BCUT2D eigenvalue weighted by Gasteiger charge is 2.33. The van der Waals surface area contributed by atoms with E-state index in [1.54, 1.807) is 11.9 Å². The number of sulfone groups is 1. The number of nitrogens with zero attached hydrogens (tertiary/aromatic N) is 2. The van der Waals surface area contributed by atoms with Crippen LogP contribution in [0.5, 0.6) is 5.75 Å². The maximum Gasteiger partial charge on any atom is 0.244 e. The van der Waals surface area contributed by atoms with E-state index < -0.39 is 15.9 Å². The van der Waals surface area contributed by atoms with Gasteiger partial charge in [0.15, 0.2) is 9.84 Å². The average molecular weight is 417 g/mol. The molecule has 2 aromatic rings. The van der Waals surface area contributed by atoms with Gasteiger partial charge in [-0.2, -0.15) is 0 Å². The van der Waals surface area contributed by atoms with Crippen molar-refractivity contribution in [2.75, 3.05) is 44.8 Å². The fourth-order valence-electron chi connectivity index (χ4n) is 3.46. The van der Waals surface area contributed by atoms with Gasteiger partial charge in [-0.1, -0.05) is 48.5 Å². The SMILES string of the molecule is CN(CCCOc1ccccc1)C(=O)C(c1ccccc1)N1CCS(=O)(=O)CC1. The molecule has 156 valence electrons. The van der Waals surface area contributed by atoms with Gasteiger partial charge >= 0.3 is 0 Å². The van der Waals surface area contributed by atoms with E-state index in [1.807, 2.05) is 65.6 Å². The number of ether oxygens (including phenoxy) is 1. The van der Waals surface area contributed by atoms with E-state index in [9.17, 15) is 13.2 Å². The van der Waals surface area contributed by atoms with E-state index in [0.29, 0.717) is 32.7 Å². The molecule has 0 spiro atoms. The third kappa shape index (κ3) is 6.05. The van der Waals surface area contributed by atoms with Crippen LogP contribution >= 0.6 is 0 Å². The zero-order chi connectivity index (χ0) is 20.7. The molecule has 0 aliphatic carbocycles. The second-order valence-corrected chi connectivity index (χ2v) is 9.58. The van der Waals surface area contributed by atoms with Crippen LogP contribution in [0.2, 0.25) is 0 Å². The van der Waals surface area contributed by atoms with Crippen molar-refractivity contribution in [3.8, 4) is 5.75 Å². The van der Waals surface area contributed by atoms with Crippen molar-refractivity contribution in [3.05, 3.63) is 66.2 Å². The van der Waals surface area contributed by atoms with Crippen molar-refractivity contribution >= 4 is 15.7 Å². The molecule has 0 aromatic heterocycles. The summed E-state index contributed by atoms with van der Waals surface area (Å²) in [6, 6.07) is 18.7. The lowest BCUT2D eigenvalue weighted by molar-refractivity contribution is -0.136. The van der Waals surface area contributed by atoms with Gasteiger partial charge in [0.1, 0.15) is 11.8 Å². The summed E-state index contributed by atoms with van der Waals surface area (Å²) in [4.78, 5) is 17.0. The summed E-state index contributed by atoms with van der Waals surface area (Å²) in [6.45, 7) is 1.85. The molecular formula is C22H28N2O4S. The van der Waals surface area contributed by atoms with Gasteiger partial charge in [0.25, 0.3) is 0 Å². The first-order valence-electron chi connectivity index (χ1n) is 9.88. The van der Waals surface area contributed by atoms with E-state index >= 15 is 0 Å². The lowest BCUT2D eigenvalue weighted by Gasteiger charge is -2.35. The molecule has 0 bridgehead atoms. The highest BCUT2D eigenvalue weighted by molar-refractivity contribution is 7.91. The highest BCUT2D eigenvalue weighted by atomic mass is 32.2. The quantitative estimate of drug-likeness (QED) is 0.618. The van der Waals surface area contributed by atoms with Crippen molar-refractivity contribution < 1.29 is 17.9 Å². The topological polar surface area (TPSA) is 66.9 Å². The first-order chi connectivity index (χ1) is 14.0. The Bertz CT molecular complexity index is 874. The van der Waals surface area contributed by atoms with Crippen LogP contribution in [0.15, 0.2) is 60.7 Å². The number of carbonyl (C=O) groups excluding carboxylic acids is 1. The van der Waals surface area contributed by atoms with Gasteiger partial charge in [0.2, 0.25) is 5.91 Å². The van der Waals surface area contributed by atoms with Crippen molar-refractivity contribution in [3.63, 3.8) is 0 Å². The van der Waals surface area contributed by atoms with E-state index in [1.165, 1.54) is 0 Å². The summed E-state index contributed by atoms with van der Waals surface area (Å²) in [7, 11) is -1.21. The highest BCUT2D eigenvalue weighted by Crippen LogP contribution is 2.25. The zero-order valence-corrected chi connectivity index (χ0v) is 17.6. The molecule has 29 heavy (non-hydrogen) atoms. The van der Waals surface area contributed by atoms with Gasteiger partial charge in [-0.15, -0.1) is 0 Å². The zero-order valence-electron chi connectivity index (χ0n) is 16.7. The standard InChI is InChI=1S/C22H28N2O4S/c1-23(13-8-16-28-20-11-6-3-7-12-20)22(25)21(19-9-4-2-5-10-19)24-14-17-29(26,27)18-15-24/h2-7,9-12,21H,8,13-18H2,1H3. The maximum atomic E-state index is 13.3. The van der Waals surface area contributed by atoms with E-state index in [2.05, 4.69) is 0 Å². The van der Waals surface area contributed by atoms with E-state index in [4.69, 9.17) is 4.74 Å². The minimum Gasteiger partial charge on any atom is -0.494 e. The summed E-state index contributed by atoms with van der Waals surface area (Å²) in [5.41, 5.74) is 0.893. The molecule has 1 fully saturated rings. The molecule has 0 saturated carbocycles. The normalized spacial score (nSPS) is 17.4. The number of likely N-dealkylation sites (N-methyl/N-ethyl adjacent to an activating group) is 1. The Morgan fingerprint density at radius 2 is 1.62 bits per heavy atom. The molecule has 7 heteroatoms. The van der Waals surface area contributed by atoms with Crippen LogP contribution < -0.4 is 4.74 Å². The number of hydrogen-bond donors (Lipinski definition) is 0. The number of amides is 1. The first kappa shape index (κ1) is 21.3. The molecule has 1 amide bonds. The van der Waals surface area contributed by atoms with E-state index in [-0.39, 0.29) is 17.4 Å². The van der Waals surface area contributed by atoms with Gasteiger partial charge in [0.05, 0.1) is 18.1 Å². The molecule has 1 aliphatic heterocycles. The van der Waals surface area contributed by atoms with Gasteiger partial charge in [0, 0.05) is 26.7 Å². The second-order valence-electron chi connectivity index (χ2n) is 7.28. The number of hydrogen-bond acceptors (Lipinski definition) is 5. The molecule has 1 unspecified atom stereocenters. The number of rotatable bonds is 8. The van der Waals surface area contributed by atoms with Crippen LogP contribution in [0.4, 0.5) is 0 Å². The Morgan fingerprint density at radius 1 is 1.03 bits per heavy atom. The summed E-state index contributed by atoms with van der Waals surface area (Å²) < 4.78 is 29.3. The average Bonchev–Trinajstić information content (AvgIpc) is 2.74. The Morgan fingerprint density at radius 3 is 2.24 bits per heavy atom. The third-order valence-electron chi connectivity index (χ3n) is 5.12. The number of carbonyl (C=O) groups is 1. The predicted molar refractivity (Wildman–Crippen MR) is 114 cm³/mol. The molecule has 1 heterocycles. The fraction of sp³-hybridized carbons (Fsp3) is 0.409. The van der Waals surface area contributed by atoms with Gasteiger partial charge in [-0.25, -0.2) is 8.42 Å². The third-order valence-corrected chi connectivity index (χ3v) is 6.73. The molecule has 1 aliphatic rings. The van der Waals surface area contributed by atoms with Gasteiger partial charge in [-0.3, -0.25) is 9.69 Å². The summed E-state index contributed by atoms with van der Waals surface area (Å²) >= 11 is 0. The van der Waals surface area contributed by atoms with Crippen molar-refractivity contribution in [2.24, 2.45) is 0 Å². The van der Waals surface area contributed by atoms with Crippen molar-refractivity contribution in [1.82, 2.24) is 9.80 Å². The second kappa shape index (κ2) is 9.89. The van der Waals surface area contributed by atoms with E-state index in [0.717, 1.165) is 11.3 Å². The summed E-state index contributed by atoms with van der Waals surface area (Å²) in [5.74, 6) is 0.990. The van der Waals surface area contributed by atoms with Crippen molar-refractivity contribution in [2.45, 2.75) is 12.5 Å². The molecule has 0 N–H and O–H groups in total. The summed E-state index contributed by atoms with van der Waals surface area (Å²) in [6.07, 6.45) is 0.715. The Kier molecular flexibility index (Phi) is 7.28. The lowest BCUT2D eigenvalue weighted by atomic mass is 10.0. The van der Waals surface area contributed by atoms with Gasteiger partial charge < -0.3 is 9.64 Å².